The van der Waals surface area contributed by atoms with Gasteiger partial charge >= 0.3 is 0 Å². The molecule has 11 heavy (non-hydrogen) atoms. The van der Waals surface area contributed by atoms with E-state index in [1.54, 1.807) is 0 Å². The van der Waals surface area contributed by atoms with Gasteiger partial charge in [-0.25, -0.2) is 0 Å². The Balaban J connectivity index is 3.54. The third-order valence-corrected chi connectivity index (χ3v) is 2.57. The zero-order chi connectivity index (χ0) is 9.07. The van der Waals surface area contributed by atoms with E-state index in [2.05, 4.69) is 47.2 Å². The molecule has 0 N–H and O–H groups in total. The van der Waals surface area contributed by atoms with Crippen LogP contribution in [0.25, 0.3) is 0 Å². The molecule has 0 aliphatic rings. The van der Waals surface area contributed by atoms with Crippen LogP contribution in [0.3, 0.4) is 0 Å². The maximum absolute atomic E-state index is 4.50. The van der Waals surface area contributed by atoms with Crippen LogP contribution in [0.15, 0.2) is 0 Å². The van der Waals surface area contributed by atoms with Crippen molar-refractivity contribution in [3.8, 4) is 0 Å². The van der Waals surface area contributed by atoms with Crippen molar-refractivity contribution in [2.75, 3.05) is 0 Å². The smallest absolute Gasteiger partial charge is 0.00732 e. The molecule has 0 aromatic rings. The summed E-state index contributed by atoms with van der Waals surface area (Å²) in [5, 5.41) is 0. The second-order valence-electron chi connectivity index (χ2n) is 4.57. The topological polar surface area (TPSA) is 0 Å². The van der Waals surface area contributed by atoms with Gasteiger partial charge in [-0.1, -0.05) is 34.6 Å². The van der Waals surface area contributed by atoms with Crippen molar-refractivity contribution in [2.24, 2.45) is 11.8 Å². The van der Waals surface area contributed by atoms with Gasteiger partial charge in [0.15, 0.2) is 0 Å². The first kappa shape index (κ1) is 11.4. The van der Waals surface area contributed by atoms with Gasteiger partial charge in [-0.3, -0.25) is 0 Å². The van der Waals surface area contributed by atoms with E-state index in [1.165, 1.54) is 12.8 Å². The molecule has 1 unspecified atom stereocenters. The Hall–Kier alpha value is 0.350. The maximum atomic E-state index is 4.50. The van der Waals surface area contributed by atoms with Crippen molar-refractivity contribution in [2.45, 2.75) is 52.2 Å². The Bertz CT molecular complexity index is 99.9. The Kier molecular flexibility index (Phi) is 4.53. The van der Waals surface area contributed by atoms with Gasteiger partial charge in [0.05, 0.1) is 0 Å². The van der Waals surface area contributed by atoms with E-state index in [1.807, 2.05) is 0 Å². The zero-order valence-corrected chi connectivity index (χ0v) is 9.41. The Morgan fingerprint density at radius 1 is 1.18 bits per heavy atom. The molecule has 0 spiro atoms. The van der Waals surface area contributed by atoms with Crippen LogP contribution < -0.4 is 0 Å². The van der Waals surface area contributed by atoms with E-state index in [0.717, 1.165) is 11.8 Å². The Morgan fingerprint density at radius 2 is 1.64 bits per heavy atom. The average molecular weight is 174 g/mol. The van der Waals surface area contributed by atoms with Crippen molar-refractivity contribution in [1.82, 2.24) is 0 Å². The number of rotatable bonds is 4. The molecule has 1 heteroatoms. The number of hydrogen-bond acceptors (Lipinski definition) is 1. The summed E-state index contributed by atoms with van der Waals surface area (Å²) in [6.07, 6.45) is 2.52. The molecule has 0 saturated carbocycles. The van der Waals surface area contributed by atoms with Gasteiger partial charge in [0, 0.05) is 4.75 Å². The largest absolute Gasteiger partial charge is 0.173 e. The standard InChI is InChI=1S/C10H22S/c1-8(2)9(3)6-7-10(4,5)11/h8-9,11H,6-7H2,1-5H3. The maximum Gasteiger partial charge on any atom is 0.00732 e. The molecule has 0 rings (SSSR count). The summed E-state index contributed by atoms with van der Waals surface area (Å²) in [5.74, 6) is 1.65. The fraction of sp³-hybridized carbons (Fsp3) is 1.00. The molecule has 0 fully saturated rings. The molecular formula is C10H22S. The summed E-state index contributed by atoms with van der Waals surface area (Å²) >= 11 is 4.50. The van der Waals surface area contributed by atoms with E-state index >= 15 is 0 Å². The lowest BCUT2D eigenvalue weighted by Crippen LogP contribution is -2.14. The van der Waals surface area contributed by atoms with Gasteiger partial charge in [0.1, 0.15) is 0 Å². The summed E-state index contributed by atoms with van der Waals surface area (Å²) in [4.78, 5) is 0. The SMILES string of the molecule is CC(C)C(C)CCC(C)(C)S. The number of thiol groups is 1. The monoisotopic (exact) mass is 174 g/mol. The summed E-state index contributed by atoms with van der Waals surface area (Å²) < 4.78 is 0.211. The fourth-order valence-electron chi connectivity index (χ4n) is 0.914. The normalized spacial score (nSPS) is 15.5. The van der Waals surface area contributed by atoms with Crippen LogP contribution in [-0.4, -0.2) is 4.75 Å². The highest BCUT2D eigenvalue weighted by Gasteiger charge is 2.14. The highest BCUT2D eigenvalue weighted by Crippen LogP contribution is 2.24. The summed E-state index contributed by atoms with van der Waals surface area (Å²) in [6, 6.07) is 0. The lowest BCUT2D eigenvalue weighted by Gasteiger charge is -2.21. The van der Waals surface area contributed by atoms with Crippen LogP contribution in [-0.2, 0) is 0 Å². The van der Waals surface area contributed by atoms with Gasteiger partial charge in [0.25, 0.3) is 0 Å². The van der Waals surface area contributed by atoms with Crippen LogP contribution in [0.1, 0.15) is 47.5 Å². The van der Waals surface area contributed by atoms with Crippen LogP contribution in [0, 0.1) is 11.8 Å². The highest BCUT2D eigenvalue weighted by molar-refractivity contribution is 7.81. The van der Waals surface area contributed by atoms with E-state index in [0.29, 0.717) is 0 Å². The van der Waals surface area contributed by atoms with E-state index in [9.17, 15) is 0 Å². The predicted molar refractivity (Wildman–Crippen MR) is 56.3 cm³/mol. The van der Waals surface area contributed by atoms with E-state index in [4.69, 9.17) is 0 Å². The second kappa shape index (κ2) is 4.39. The highest BCUT2D eigenvalue weighted by atomic mass is 32.1. The third kappa shape index (κ3) is 6.74. The predicted octanol–water partition coefficient (Wildman–Crippen LogP) is 3.77. The zero-order valence-electron chi connectivity index (χ0n) is 8.52. The molecule has 0 aliphatic carbocycles. The van der Waals surface area contributed by atoms with Gasteiger partial charge in [0.2, 0.25) is 0 Å². The van der Waals surface area contributed by atoms with Crippen molar-refractivity contribution in [1.29, 1.82) is 0 Å². The first-order chi connectivity index (χ1) is 4.83. The third-order valence-electron chi connectivity index (χ3n) is 2.35. The molecule has 1 atom stereocenters. The first-order valence-corrected chi connectivity index (χ1v) is 5.00. The molecular weight excluding hydrogens is 152 g/mol. The first-order valence-electron chi connectivity index (χ1n) is 4.55. The summed E-state index contributed by atoms with van der Waals surface area (Å²) in [6.45, 7) is 11.3. The van der Waals surface area contributed by atoms with Crippen molar-refractivity contribution >= 4 is 12.6 Å². The van der Waals surface area contributed by atoms with E-state index < -0.39 is 0 Å². The Morgan fingerprint density at radius 3 is 1.91 bits per heavy atom. The molecule has 0 nitrogen and oxygen atoms in total. The second-order valence-corrected chi connectivity index (χ2v) is 5.78. The van der Waals surface area contributed by atoms with Crippen molar-refractivity contribution < 1.29 is 0 Å². The van der Waals surface area contributed by atoms with Crippen LogP contribution in [0.4, 0.5) is 0 Å². The molecule has 0 aliphatic heterocycles. The summed E-state index contributed by atoms with van der Waals surface area (Å²) in [7, 11) is 0. The van der Waals surface area contributed by atoms with Gasteiger partial charge < -0.3 is 0 Å². The molecule has 0 radical (unpaired) electrons. The minimum absolute atomic E-state index is 0.211. The quantitative estimate of drug-likeness (QED) is 0.616. The lowest BCUT2D eigenvalue weighted by atomic mass is 9.90. The molecule has 0 bridgehead atoms. The lowest BCUT2D eigenvalue weighted by molar-refractivity contribution is 0.368. The minimum Gasteiger partial charge on any atom is -0.173 e. The van der Waals surface area contributed by atoms with Crippen molar-refractivity contribution in [3.63, 3.8) is 0 Å². The van der Waals surface area contributed by atoms with Crippen molar-refractivity contribution in [3.05, 3.63) is 0 Å². The van der Waals surface area contributed by atoms with Crippen LogP contribution in [0.2, 0.25) is 0 Å². The van der Waals surface area contributed by atoms with Crippen LogP contribution >= 0.6 is 12.6 Å². The molecule has 0 aromatic carbocycles. The minimum atomic E-state index is 0.211. The van der Waals surface area contributed by atoms with Crippen LogP contribution in [0.5, 0.6) is 0 Å². The van der Waals surface area contributed by atoms with Gasteiger partial charge in [-0.15, -0.1) is 0 Å². The number of hydrogen-bond donors (Lipinski definition) is 1. The molecule has 0 amide bonds. The molecule has 0 aromatic heterocycles. The molecule has 68 valence electrons. The molecule has 0 saturated heterocycles. The van der Waals surface area contributed by atoms with Gasteiger partial charge in [-0.2, -0.15) is 12.6 Å². The molecule has 0 heterocycles. The average Bonchev–Trinajstić information content (AvgIpc) is 1.80. The van der Waals surface area contributed by atoms with E-state index in [-0.39, 0.29) is 4.75 Å². The van der Waals surface area contributed by atoms with Gasteiger partial charge in [-0.05, 0) is 24.7 Å². The Labute approximate surface area is 77.2 Å². The summed E-state index contributed by atoms with van der Waals surface area (Å²) in [5.41, 5.74) is 0. The fourth-order valence-corrected chi connectivity index (χ4v) is 1.04.